The van der Waals surface area contributed by atoms with Crippen molar-refractivity contribution in [1.29, 1.82) is 0 Å². The molecule has 3 aromatic heterocycles. The molecule has 0 bridgehead atoms. The third-order valence-corrected chi connectivity index (χ3v) is 4.26. The second-order valence-electron chi connectivity index (χ2n) is 6.14. The van der Waals surface area contributed by atoms with Crippen molar-refractivity contribution in [2.24, 2.45) is 7.05 Å². The van der Waals surface area contributed by atoms with Crippen molar-refractivity contribution in [2.75, 3.05) is 5.32 Å². The van der Waals surface area contributed by atoms with E-state index in [0.29, 0.717) is 22.4 Å². The summed E-state index contributed by atoms with van der Waals surface area (Å²) in [6, 6.07) is 10.8. The Balaban J connectivity index is 1.84. The first kappa shape index (κ1) is 16.0. The van der Waals surface area contributed by atoms with E-state index in [1.165, 1.54) is 28.7 Å². The fraction of sp³-hybridized carbons (Fsp3) is 0.105. The van der Waals surface area contributed by atoms with Gasteiger partial charge in [-0.1, -0.05) is 12.1 Å². The molecule has 0 unspecified atom stereocenters. The number of aryl methyl sites for hydroxylation is 2. The quantitative estimate of drug-likeness (QED) is 0.604. The van der Waals surface area contributed by atoms with Crippen molar-refractivity contribution in [3.8, 4) is 0 Å². The summed E-state index contributed by atoms with van der Waals surface area (Å²) in [6.07, 6.45) is 1.71. The average molecular weight is 350 g/mol. The second kappa shape index (κ2) is 5.80. The zero-order valence-electron chi connectivity index (χ0n) is 14.2. The smallest absolute Gasteiger partial charge is 0.272 e. The Hall–Kier alpha value is -3.48. The molecule has 0 aliphatic rings. The van der Waals surface area contributed by atoms with E-state index >= 15 is 0 Å². The largest absolute Gasteiger partial charge is 0.324 e. The van der Waals surface area contributed by atoms with Crippen molar-refractivity contribution >= 4 is 28.3 Å². The minimum Gasteiger partial charge on any atom is -0.324 e. The summed E-state index contributed by atoms with van der Waals surface area (Å²) in [7, 11) is 1.67. The van der Waals surface area contributed by atoms with Crippen molar-refractivity contribution in [2.45, 2.75) is 6.92 Å². The van der Waals surface area contributed by atoms with Gasteiger partial charge in [0, 0.05) is 18.9 Å². The number of aromatic nitrogens is 3. The fourth-order valence-corrected chi connectivity index (χ4v) is 2.96. The highest BCUT2D eigenvalue weighted by Crippen LogP contribution is 2.17. The lowest BCUT2D eigenvalue weighted by molar-refractivity contribution is 0.101. The molecule has 0 radical (unpaired) electrons. The highest BCUT2D eigenvalue weighted by Gasteiger charge is 2.18. The highest BCUT2D eigenvalue weighted by atomic mass is 19.1. The van der Waals surface area contributed by atoms with E-state index in [1.54, 1.807) is 29.9 Å². The summed E-state index contributed by atoms with van der Waals surface area (Å²) < 4.78 is 16.3. The second-order valence-corrected chi connectivity index (χ2v) is 6.14. The Morgan fingerprint density at radius 3 is 2.77 bits per heavy atom. The number of benzene rings is 1. The molecular weight excluding hydrogens is 335 g/mol. The first-order valence-electron chi connectivity index (χ1n) is 7.99. The normalized spacial score (nSPS) is 11.2. The van der Waals surface area contributed by atoms with Crippen LogP contribution in [0.1, 0.15) is 16.1 Å². The maximum atomic E-state index is 13.3. The van der Waals surface area contributed by atoms with Gasteiger partial charge in [0.2, 0.25) is 0 Å². The van der Waals surface area contributed by atoms with Crippen LogP contribution in [0.15, 0.2) is 53.5 Å². The third kappa shape index (κ3) is 2.54. The van der Waals surface area contributed by atoms with Gasteiger partial charge in [-0.2, -0.15) is 0 Å². The molecule has 4 aromatic rings. The lowest BCUT2D eigenvalue weighted by Crippen LogP contribution is -2.16. The number of hydrogen-bond donors (Lipinski definition) is 1. The molecule has 130 valence electrons. The maximum absolute atomic E-state index is 13.3. The van der Waals surface area contributed by atoms with Gasteiger partial charge >= 0.3 is 0 Å². The number of fused-ring (bicyclic) bond motifs is 2. The summed E-state index contributed by atoms with van der Waals surface area (Å²) in [5, 5.41) is 2.98. The molecule has 3 heterocycles. The molecule has 1 amide bonds. The Labute approximate surface area is 147 Å². The van der Waals surface area contributed by atoms with Crippen LogP contribution >= 0.6 is 0 Å². The molecule has 0 aliphatic carbocycles. The van der Waals surface area contributed by atoms with Crippen LogP contribution in [0.5, 0.6) is 0 Å². The van der Waals surface area contributed by atoms with Crippen LogP contribution in [-0.4, -0.2) is 19.9 Å². The molecule has 0 saturated carbocycles. The van der Waals surface area contributed by atoms with Gasteiger partial charge in [-0.25, -0.2) is 9.37 Å². The number of carbonyl (C=O) groups excluding carboxylic acids is 1. The summed E-state index contributed by atoms with van der Waals surface area (Å²) in [5.74, 6) is -0.887. The molecule has 0 fully saturated rings. The molecule has 1 N–H and O–H groups in total. The topological polar surface area (TPSA) is 68.4 Å². The van der Waals surface area contributed by atoms with Gasteiger partial charge < -0.3 is 9.88 Å². The van der Waals surface area contributed by atoms with Crippen molar-refractivity contribution in [1.82, 2.24) is 14.0 Å². The predicted molar refractivity (Wildman–Crippen MR) is 97.0 cm³/mol. The van der Waals surface area contributed by atoms with E-state index in [0.717, 1.165) is 5.56 Å². The number of rotatable bonds is 2. The van der Waals surface area contributed by atoms with E-state index in [-0.39, 0.29) is 11.3 Å². The first-order valence-corrected chi connectivity index (χ1v) is 7.99. The fourth-order valence-electron chi connectivity index (χ4n) is 2.96. The Morgan fingerprint density at radius 1 is 1.19 bits per heavy atom. The zero-order chi connectivity index (χ0) is 18.4. The zero-order valence-corrected chi connectivity index (χ0v) is 14.2. The van der Waals surface area contributed by atoms with Crippen molar-refractivity contribution in [3.63, 3.8) is 0 Å². The summed E-state index contributed by atoms with van der Waals surface area (Å²) >= 11 is 0. The van der Waals surface area contributed by atoms with Crippen LogP contribution < -0.4 is 10.9 Å². The molecule has 4 rings (SSSR count). The minimum atomic E-state index is -0.444. The summed E-state index contributed by atoms with van der Waals surface area (Å²) in [5.41, 5.74) is 2.22. The molecule has 1 aromatic carbocycles. The van der Waals surface area contributed by atoms with Gasteiger partial charge in [-0.05, 0) is 42.8 Å². The van der Waals surface area contributed by atoms with E-state index in [9.17, 15) is 14.0 Å². The third-order valence-electron chi connectivity index (χ3n) is 4.26. The standard InChI is InChI=1S/C19H15FN4O2/c1-11-6-7-16-22-17-14(19(26)24(16)10-11)9-15(23(17)2)18(25)21-13-5-3-4-12(20)8-13/h3-10H,1-2H3,(H,21,25). The summed E-state index contributed by atoms with van der Waals surface area (Å²) in [4.78, 5) is 29.8. The number of carbonyl (C=O) groups is 1. The SMILES string of the molecule is Cc1ccc2nc3c(cc(C(=O)Nc4cccc(F)c4)n3C)c(=O)n2c1. The maximum Gasteiger partial charge on any atom is 0.272 e. The van der Waals surface area contributed by atoms with Gasteiger partial charge in [0.05, 0.1) is 5.39 Å². The predicted octanol–water partition coefficient (Wildman–Crippen LogP) is 2.89. The number of pyridine rings is 1. The van der Waals surface area contributed by atoms with Gasteiger partial charge in [-0.15, -0.1) is 0 Å². The molecular formula is C19H15FN4O2. The molecule has 0 saturated heterocycles. The molecule has 6 nitrogen and oxygen atoms in total. The number of nitrogens with zero attached hydrogens (tertiary/aromatic N) is 3. The number of hydrogen-bond acceptors (Lipinski definition) is 3. The van der Waals surface area contributed by atoms with Crippen LogP contribution in [-0.2, 0) is 7.05 Å². The molecule has 7 heteroatoms. The molecule has 26 heavy (non-hydrogen) atoms. The molecule has 0 aliphatic heterocycles. The number of anilines is 1. The first-order chi connectivity index (χ1) is 12.4. The lowest BCUT2D eigenvalue weighted by Gasteiger charge is -2.06. The van der Waals surface area contributed by atoms with Crippen LogP contribution in [0.25, 0.3) is 16.7 Å². The van der Waals surface area contributed by atoms with Crippen LogP contribution in [0.4, 0.5) is 10.1 Å². The number of nitrogens with one attached hydrogen (secondary N) is 1. The van der Waals surface area contributed by atoms with E-state index < -0.39 is 11.7 Å². The summed E-state index contributed by atoms with van der Waals surface area (Å²) in [6.45, 7) is 1.89. The van der Waals surface area contributed by atoms with Crippen LogP contribution in [0.3, 0.4) is 0 Å². The van der Waals surface area contributed by atoms with E-state index in [2.05, 4.69) is 10.3 Å². The Bertz CT molecular complexity index is 1240. The van der Waals surface area contributed by atoms with Gasteiger partial charge in [0.1, 0.15) is 22.8 Å². The Kier molecular flexibility index (Phi) is 3.57. The van der Waals surface area contributed by atoms with Crippen molar-refractivity contribution in [3.05, 3.63) is 76.1 Å². The lowest BCUT2D eigenvalue weighted by atomic mass is 10.3. The van der Waals surface area contributed by atoms with Gasteiger partial charge in [-0.3, -0.25) is 14.0 Å². The van der Waals surface area contributed by atoms with Crippen molar-refractivity contribution < 1.29 is 9.18 Å². The highest BCUT2D eigenvalue weighted by molar-refractivity contribution is 6.06. The molecule has 0 atom stereocenters. The van der Waals surface area contributed by atoms with Crippen LogP contribution in [0, 0.1) is 12.7 Å². The minimum absolute atomic E-state index is 0.242. The molecule has 0 spiro atoms. The van der Waals surface area contributed by atoms with Gasteiger partial charge in [0.25, 0.3) is 11.5 Å². The Morgan fingerprint density at radius 2 is 2.00 bits per heavy atom. The van der Waals surface area contributed by atoms with Crippen LogP contribution in [0.2, 0.25) is 0 Å². The van der Waals surface area contributed by atoms with E-state index in [4.69, 9.17) is 0 Å². The monoisotopic (exact) mass is 350 g/mol. The van der Waals surface area contributed by atoms with E-state index in [1.807, 2.05) is 13.0 Å². The van der Waals surface area contributed by atoms with Gasteiger partial charge in [0.15, 0.2) is 0 Å². The number of halogens is 1. The average Bonchev–Trinajstić information content (AvgIpc) is 2.93. The number of amides is 1.